The van der Waals surface area contributed by atoms with Crippen molar-refractivity contribution >= 4 is 16.7 Å². The molecule has 1 aromatic heterocycles. The van der Waals surface area contributed by atoms with Gasteiger partial charge in [-0.05, 0) is 0 Å². The van der Waals surface area contributed by atoms with Crippen LogP contribution in [0.4, 0.5) is 5.69 Å². The third-order valence-corrected chi connectivity index (χ3v) is 1.76. The van der Waals surface area contributed by atoms with E-state index in [2.05, 4.69) is 9.97 Å². The smallest absolute Gasteiger partial charge is 0.313 e. The van der Waals surface area contributed by atoms with E-state index in [-0.39, 0.29) is 5.69 Å². The van der Waals surface area contributed by atoms with Gasteiger partial charge >= 0.3 is 5.69 Å². The molecule has 2 rings (SSSR count). The van der Waals surface area contributed by atoms with Crippen molar-refractivity contribution in [3.63, 3.8) is 0 Å². The molecule has 0 bridgehead atoms. The molecule has 6 heteroatoms. The molecule has 0 saturated carbocycles. The molecule has 1 heterocycles. The van der Waals surface area contributed by atoms with Gasteiger partial charge in [0.1, 0.15) is 0 Å². The number of hydrogen-bond donors (Lipinski definition) is 1. The van der Waals surface area contributed by atoms with Crippen molar-refractivity contribution in [3.8, 4) is 5.75 Å². The van der Waals surface area contributed by atoms with E-state index in [4.69, 9.17) is 0 Å². The van der Waals surface area contributed by atoms with Gasteiger partial charge in [0, 0.05) is 24.5 Å². The molecule has 0 fully saturated rings. The number of fused-ring (bicyclic) bond motifs is 1. The minimum atomic E-state index is -0.663. The molecular formula is C8H5N3O3. The summed E-state index contributed by atoms with van der Waals surface area (Å²) in [5.41, 5.74) is 0.450. The summed E-state index contributed by atoms with van der Waals surface area (Å²) in [4.78, 5) is 17.6. The number of aromatic nitrogens is 2. The van der Waals surface area contributed by atoms with E-state index in [1.54, 1.807) is 0 Å². The van der Waals surface area contributed by atoms with E-state index >= 15 is 0 Å². The zero-order valence-corrected chi connectivity index (χ0v) is 6.91. The highest BCUT2D eigenvalue weighted by Gasteiger charge is 2.14. The first-order valence-corrected chi connectivity index (χ1v) is 3.76. The highest BCUT2D eigenvalue weighted by Crippen LogP contribution is 2.28. The number of nitrogens with zero attached hydrogens (tertiary/aromatic N) is 3. The van der Waals surface area contributed by atoms with Gasteiger partial charge in [-0.15, -0.1) is 0 Å². The second-order valence-electron chi connectivity index (χ2n) is 2.64. The number of phenolic OH excluding ortho intramolecular Hbond substituents is 1. The summed E-state index contributed by atoms with van der Waals surface area (Å²) in [6, 6.07) is 2.41. The maximum absolute atomic E-state index is 10.5. The van der Waals surface area contributed by atoms with Gasteiger partial charge in [-0.25, -0.2) is 0 Å². The van der Waals surface area contributed by atoms with Crippen LogP contribution in [0.5, 0.6) is 5.75 Å². The minimum absolute atomic E-state index is 0.363. The Hall–Kier alpha value is -2.24. The molecule has 0 aliphatic carbocycles. The van der Waals surface area contributed by atoms with Crippen LogP contribution < -0.4 is 0 Å². The van der Waals surface area contributed by atoms with Crippen molar-refractivity contribution in [3.05, 3.63) is 34.6 Å². The Bertz CT molecular complexity index is 512. The quantitative estimate of drug-likeness (QED) is 0.541. The number of nitro benzene ring substituents is 1. The molecule has 14 heavy (non-hydrogen) atoms. The first-order chi connectivity index (χ1) is 6.68. The van der Waals surface area contributed by atoms with Crippen molar-refractivity contribution in [2.24, 2.45) is 0 Å². The van der Waals surface area contributed by atoms with Gasteiger partial charge in [0.25, 0.3) is 0 Å². The van der Waals surface area contributed by atoms with E-state index in [9.17, 15) is 15.2 Å². The molecule has 2 aromatic rings. The van der Waals surface area contributed by atoms with Crippen molar-refractivity contribution in [1.82, 2.24) is 9.97 Å². The maximum Gasteiger partial charge on any atom is 0.313 e. The average Bonchev–Trinajstić information content (AvgIpc) is 2.16. The van der Waals surface area contributed by atoms with Gasteiger partial charge in [0.05, 0.1) is 16.0 Å². The fraction of sp³-hybridized carbons (Fsp3) is 0. The monoisotopic (exact) mass is 191 g/mol. The SMILES string of the molecule is O=[N+]([O-])c1cc2nccnc2cc1O. The number of aromatic hydroxyl groups is 1. The van der Waals surface area contributed by atoms with Crippen LogP contribution in [0.25, 0.3) is 11.0 Å². The lowest BCUT2D eigenvalue weighted by Gasteiger charge is -1.97. The molecule has 70 valence electrons. The molecular weight excluding hydrogens is 186 g/mol. The van der Waals surface area contributed by atoms with Gasteiger partial charge in [-0.1, -0.05) is 0 Å². The number of phenols is 1. The maximum atomic E-state index is 10.5. The molecule has 1 aromatic carbocycles. The first-order valence-electron chi connectivity index (χ1n) is 3.76. The van der Waals surface area contributed by atoms with Gasteiger partial charge in [0.15, 0.2) is 5.75 Å². The van der Waals surface area contributed by atoms with Crippen LogP contribution in [0, 0.1) is 10.1 Å². The van der Waals surface area contributed by atoms with Gasteiger partial charge in [0.2, 0.25) is 0 Å². The lowest BCUT2D eigenvalue weighted by molar-refractivity contribution is -0.385. The molecule has 0 saturated heterocycles. The summed E-state index contributed by atoms with van der Waals surface area (Å²) >= 11 is 0. The molecule has 0 aliphatic rings. The van der Waals surface area contributed by atoms with Gasteiger partial charge in [-0.3, -0.25) is 20.1 Å². The van der Waals surface area contributed by atoms with E-state index in [1.807, 2.05) is 0 Å². The highest BCUT2D eigenvalue weighted by atomic mass is 16.6. The summed E-state index contributed by atoms with van der Waals surface area (Å²) in [5, 5.41) is 19.7. The van der Waals surface area contributed by atoms with Crippen LogP contribution in [-0.4, -0.2) is 20.0 Å². The molecule has 0 amide bonds. The third-order valence-electron chi connectivity index (χ3n) is 1.76. The van der Waals surface area contributed by atoms with Gasteiger partial charge < -0.3 is 5.11 Å². The Balaban J connectivity index is 2.77. The fourth-order valence-corrected chi connectivity index (χ4v) is 1.14. The van der Waals surface area contributed by atoms with Crippen LogP contribution in [-0.2, 0) is 0 Å². The summed E-state index contributed by atoms with van der Waals surface area (Å²) in [5.74, 6) is -0.400. The zero-order chi connectivity index (χ0) is 10.1. The standard InChI is InChI=1S/C8H5N3O3/c12-8-4-6-5(9-1-2-10-6)3-7(8)11(13)14/h1-4,12H. The van der Waals surface area contributed by atoms with Crippen molar-refractivity contribution < 1.29 is 10.0 Å². The van der Waals surface area contributed by atoms with Crippen LogP contribution in [0.15, 0.2) is 24.5 Å². The largest absolute Gasteiger partial charge is 0.502 e. The van der Waals surface area contributed by atoms with Crippen LogP contribution >= 0.6 is 0 Å². The predicted molar refractivity (Wildman–Crippen MR) is 47.9 cm³/mol. The Labute approximate surface area is 78.0 Å². The second kappa shape index (κ2) is 2.91. The Morgan fingerprint density at radius 2 is 1.79 bits per heavy atom. The topological polar surface area (TPSA) is 89.2 Å². The number of rotatable bonds is 1. The summed E-state index contributed by atoms with van der Waals surface area (Å²) < 4.78 is 0. The molecule has 6 nitrogen and oxygen atoms in total. The summed E-state index contributed by atoms with van der Waals surface area (Å²) in [6.07, 6.45) is 2.89. The van der Waals surface area contributed by atoms with Crippen LogP contribution in [0.3, 0.4) is 0 Å². The van der Waals surface area contributed by atoms with E-state index < -0.39 is 10.7 Å². The van der Waals surface area contributed by atoms with E-state index in [1.165, 1.54) is 24.5 Å². The molecule has 0 radical (unpaired) electrons. The first kappa shape index (κ1) is 8.36. The lowest BCUT2D eigenvalue weighted by atomic mass is 10.2. The van der Waals surface area contributed by atoms with Crippen molar-refractivity contribution in [1.29, 1.82) is 0 Å². The molecule has 0 spiro atoms. The average molecular weight is 191 g/mol. The molecule has 0 unspecified atom stereocenters. The Morgan fingerprint density at radius 1 is 1.21 bits per heavy atom. The zero-order valence-electron chi connectivity index (χ0n) is 6.91. The van der Waals surface area contributed by atoms with Crippen LogP contribution in [0.2, 0.25) is 0 Å². The molecule has 0 atom stereocenters. The number of nitro groups is 1. The Morgan fingerprint density at radius 3 is 2.36 bits per heavy atom. The van der Waals surface area contributed by atoms with E-state index in [0.29, 0.717) is 11.0 Å². The lowest BCUT2D eigenvalue weighted by Crippen LogP contribution is -1.90. The second-order valence-corrected chi connectivity index (χ2v) is 2.64. The summed E-state index contributed by atoms with van der Waals surface area (Å²) in [7, 11) is 0. The van der Waals surface area contributed by atoms with Crippen LogP contribution in [0.1, 0.15) is 0 Å². The van der Waals surface area contributed by atoms with Gasteiger partial charge in [-0.2, -0.15) is 0 Å². The highest BCUT2D eigenvalue weighted by molar-refractivity contribution is 5.79. The molecule has 0 aliphatic heterocycles. The molecule has 1 N–H and O–H groups in total. The Kier molecular flexibility index (Phi) is 1.74. The third kappa shape index (κ3) is 1.22. The minimum Gasteiger partial charge on any atom is -0.502 e. The number of benzene rings is 1. The fourth-order valence-electron chi connectivity index (χ4n) is 1.14. The number of hydrogen-bond acceptors (Lipinski definition) is 5. The van der Waals surface area contributed by atoms with Crippen molar-refractivity contribution in [2.45, 2.75) is 0 Å². The summed E-state index contributed by atoms with van der Waals surface area (Å²) in [6.45, 7) is 0. The predicted octanol–water partition coefficient (Wildman–Crippen LogP) is 1.24. The van der Waals surface area contributed by atoms with Crippen molar-refractivity contribution in [2.75, 3.05) is 0 Å². The van der Waals surface area contributed by atoms with E-state index in [0.717, 1.165) is 0 Å². The normalized spacial score (nSPS) is 10.3.